The van der Waals surface area contributed by atoms with E-state index < -0.39 is 12.2 Å². The van der Waals surface area contributed by atoms with E-state index in [1.54, 1.807) is 12.1 Å². The molecule has 1 aliphatic rings. The van der Waals surface area contributed by atoms with Crippen LogP contribution in [0.2, 0.25) is 0 Å². The minimum absolute atomic E-state index is 0.191. The van der Waals surface area contributed by atoms with Crippen LogP contribution >= 0.6 is 11.3 Å². The van der Waals surface area contributed by atoms with Crippen LogP contribution in [0.25, 0.3) is 0 Å². The van der Waals surface area contributed by atoms with Gasteiger partial charge in [-0.25, -0.2) is 0 Å². The lowest BCUT2D eigenvalue weighted by Crippen LogP contribution is -2.44. The third kappa shape index (κ3) is 3.40. The highest BCUT2D eigenvalue weighted by molar-refractivity contribution is 7.10. The van der Waals surface area contributed by atoms with Crippen LogP contribution in [0.3, 0.4) is 0 Å². The molecule has 3 rings (SSSR count). The monoisotopic (exact) mass is 319 g/mol. The second-order valence-electron chi connectivity index (χ2n) is 4.98. The minimum atomic E-state index is -0.659. The Hall–Kier alpha value is -2.05. The Morgan fingerprint density at radius 3 is 2.91 bits per heavy atom. The highest BCUT2D eigenvalue weighted by Gasteiger charge is 2.27. The van der Waals surface area contributed by atoms with Gasteiger partial charge in [0, 0.05) is 11.4 Å². The maximum absolute atomic E-state index is 12.1. The summed E-state index contributed by atoms with van der Waals surface area (Å²) in [5, 5.41) is 14.7. The Morgan fingerprint density at radius 1 is 1.32 bits per heavy atom. The van der Waals surface area contributed by atoms with Gasteiger partial charge in [-0.3, -0.25) is 4.79 Å². The Bertz CT molecular complexity index is 629. The molecular weight excluding hydrogens is 302 g/mol. The molecule has 0 fully saturated rings. The van der Waals surface area contributed by atoms with Gasteiger partial charge in [0.25, 0.3) is 5.91 Å². The molecular formula is C16H17NO4S. The maximum Gasteiger partial charge on any atom is 0.264 e. The highest BCUT2D eigenvalue weighted by atomic mass is 32.1. The smallest absolute Gasteiger partial charge is 0.264 e. The number of para-hydroxylation sites is 2. The number of hydrogen-bond donors (Lipinski definition) is 2. The van der Waals surface area contributed by atoms with Crippen molar-refractivity contribution in [3.8, 4) is 11.5 Å². The number of hydrogen-bond acceptors (Lipinski definition) is 5. The van der Waals surface area contributed by atoms with Gasteiger partial charge in [0.1, 0.15) is 6.61 Å². The molecule has 2 heterocycles. The van der Waals surface area contributed by atoms with Gasteiger partial charge in [-0.2, -0.15) is 0 Å². The van der Waals surface area contributed by atoms with Crippen molar-refractivity contribution >= 4 is 17.2 Å². The molecule has 1 aromatic heterocycles. The lowest BCUT2D eigenvalue weighted by atomic mass is 10.2. The van der Waals surface area contributed by atoms with Crippen molar-refractivity contribution in [3.63, 3.8) is 0 Å². The van der Waals surface area contributed by atoms with E-state index >= 15 is 0 Å². The van der Waals surface area contributed by atoms with Crippen LogP contribution in [0.1, 0.15) is 17.4 Å². The summed E-state index contributed by atoms with van der Waals surface area (Å²) in [6, 6.07) is 11.0. The summed E-state index contributed by atoms with van der Waals surface area (Å²) in [5.41, 5.74) is 0. The van der Waals surface area contributed by atoms with Gasteiger partial charge in [-0.05, 0) is 30.0 Å². The SMILES string of the molecule is O=C(NCC[C@H](O)c1cccs1)[C@@H]1COc2ccccc2O1. The third-order valence-electron chi connectivity index (χ3n) is 3.39. The lowest BCUT2D eigenvalue weighted by Gasteiger charge is -2.25. The number of aliphatic hydroxyl groups excluding tert-OH is 1. The second-order valence-corrected chi connectivity index (χ2v) is 5.95. The maximum atomic E-state index is 12.1. The van der Waals surface area contributed by atoms with Crippen molar-refractivity contribution < 1.29 is 19.4 Å². The fourth-order valence-corrected chi connectivity index (χ4v) is 2.96. The molecule has 0 saturated heterocycles. The molecule has 0 bridgehead atoms. The average molecular weight is 319 g/mol. The summed E-state index contributed by atoms with van der Waals surface area (Å²) in [7, 11) is 0. The molecule has 2 atom stereocenters. The van der Waals surface area contributed by atoms with Gasteiger partial charge >= 0.3 is 0 Å². The standard InChI is InChI=1S/C16H17NO4S/c18-11(15-6-3-9-22-15)7-8-17-16(19)14-10-20-12-4-1-2-5-13(12)21-14/h1-6,9,11,14,18H,7-8,10H2,(H,17,19)/t11-,14-/m0/s1. The zero-order valence-electron chi connectivity index (χ0n) is 11.9. The Labute approximate surface area is 132 Å². The molecule has 6 heteroatoms. The van der Waals surface area contributed by atoms with Crippen LogP contribution in [0, 0.1) is 0 Å². The summed E-state index contributed by atoms with van der Waals surface area (Å²) in [6.07, 6.45) is -0.741. The van der Waals surface area contributed by atoms with Crippen LogP contribution < -0.4 is 14.8 Å². The zero-order chi connectivity index (χ0) is 15.4. The van der Waals surface area contributed by atoms with Crippen LogP contribution in [0.15, 0.2) is 41.8 Å². The molecule has 22 heavy (non-hydrogen) atoms. The van der Waals surface area contributed by atoms with Crippen molar-refractivity contribution in [2.45, 2.75) is 18.6 Å². The van der Waals surface area contributed by atoms with E-state index in [1.807, 2.05) is 29.6 Å². The van der Waals surface area contributed by atoms with E-state index in [9.17, 15) is 9.90 Å². The zero-order valence-corrected chi connectivity index (χ0v) is 12.7. The average Bonchev–Trinajstić information content (AvgIpc) is 3.08. The third-order valence-corrected chi connectivity index (χ3v) is 4.36. The predicted molar refractivity (Wildman–Crippen MR) is 83.3 cm³/mol. The van der Waals surface area contributed by atoms with Gasteiger partial charge in [-0.1, -0.05) is 18.2 Å². The van der Waals surface area contributed by atoms with Gasteiger partial charge in [0.15, 0.2) is 11.5 Å². The molecule has 0 unspecified atom stereocenters. The number of carbonyl (C=O) groups is 1. The fourth-order valence-electron chi connectivity index (χ4n) is 2.22. The van der Waals surface area contributed by atoms with Crippen LogP contribution in [0.5, 0.6) is 11.5 Å². The minimum Gasteiger partial charge on any atom is -0.485 e. The van der Waals surface area contributed by atoms with Gasteiger partial charge < -0.3 is 19.9 Å². The summed E-state index contributed by atoms with van der Waals surface area (Å²) >= 11 is 1.50. The van der Waals surface area contributed by atoms with E-state index in [2.05, 4.69) is 5.32 Å². The topological polar surface area (TPSA) is 67.8 Å². The van der Waals surface area contributed by atoms with E-state index in [-0.39, 0.29) is 12.5 Å². The number of rotatable bonds is 5. The molecule has 0 aliphatic carbocycles. The van der Waals surface area contributed by atoms with Crippen molar-refractivity contribution in [2.75, 3.05) is 13.2 Å². The molecule has 1 aromatic carbocycles. The van der Waals surface area contributed by atoms with E-state index in [0.29, 0.717) is 24.5 Å². The van der Waals surface area contributed by atoms with Gasteiger partial charge in [0.2, 0.25) is 6.10 Å². The molecule has 1 aliphatic heterocycles. The normalized spacial score (nSPS) is 17.8. The Balaban J connectivity index is 1.47. The van der Waals surface area contributed by atoms with Gasteiger partial charge in [-0.15, -0.1) is 11.3 Å². The summed E-state index contributed by atoms with van der Waals surface area (Å²) in [6.45, 7) is 0.579. The molecule has 0 radical (unpaired) electrons. The molecule has 5 nitrogen and oxygen atoms in total. The lowest BCUT2D eigenvalue weighted by molar-refractivity contribution is -0.130. The molecule has 1 amide bonds. The van der Waals surface area contributed by atoms with Crippen molar-refractivity contribution in [3.05, 3.63) is 46.7 Å². The first kappa shape index (κ1) is 14.9. The number of carbonyl (C=O) groups excluding carboxylic acids is 1. The first-order valence-electron chi connectivity index (χ1n) is 7.11. The fraction of sp³-hybridized carbons (Fsp3) is 0.312. The number of nitrogens with one attached hydrogen (secondary N) is 1. The Morgan fingerprint density at radius 2 is 2.14 bits per heavy atom. The van der Waals surface area contributed by atoms with Crippen molar-refractivity contribution in [2.24, 2.45) is 0 Å². The van der Waals surface area contributed by atoms with E-state index in [0.717, 1.165) is 4.88 Å². The van der Waals surface area contributed by atoms with Crippen LogP contribution in [-0.4, -0.2) is 30.3 Å². The van der Waals surface area contributed by atoms with E-state index in [4.69, 9.17) is 9.47 Å². The number of fused-ring (bicyclic) bond motifs is 1. The number of aliphatic hydroxyl groups is 1. The summed E-state index contributed by atoms with van der Waals surface area (Å²) in [5.74, 6) is 1.00. The molecule has 2 aromatic rings. The molecule has 2 N–H and O–H groups in total. The quantitative estimate of drug-likeness (QED) is 0.886. The molecule has 0 saturated carbocycles. The molecule has 116 valence electrons. The predicted octanol–water partition coefficient (Wildman–Crippen LogP) is 2.13. The number of thiophene rings is 1. The number of ether oxygens (including phenoxy) is 2. The van der Waals surface area contributed by atoms with Gasteiger partial charge in [0.05, 0.1) is 6.10 Å². The summed E-state index contributed by atoms with van der Waals surface area (Å²) < 4.78 is 11.1. The van der Waals surface area contributed by atoms with Crippen molar-refractivity contribution in [1.29, 1.82) is 0 Å². The second kappa shape index (κ2) is 6.81. The summed E-state index contributed by atoms with van der Waals surface area (Å²) in [4.78, 5) is 13.0. The largest absolute Gasteiger partial charge is 0.485 e. The van der Waals surface area contributed by atoms with Crippen LogP contribution in [-0.2, 0) is 4.79 Å². The first-order valence-corrected chi connectivity index (χ1v) is 7.99. The Kier molecular flexibility index (Phi) is 4.60. The van der Waals surface area contributed by atoms with Crippen LogP contribution in [0.4, 0.5) is 0 Å². The first-order chi connectivity index (χ1) is 10.7. The van der Waals surface area contributed by atoms with Crippen molar-refractivity contribution in [1.82, 2.24) is 5.32 Å². The molecule has 0 spiro atoms. The number of amides is 1. The van der Waals surface area contributed by atoms with E-state index in [1.165, 1.54) is 11.3 Å². The highest BCUT2D eigenvalue weighted by Crippen LogP contribution is 2.30. The number of benzene rings is 1.